The van der Waals surface area contributed by atoms with Gasteiger partial charge in [-0.3, -0.25) is 4.79 Å². The van der Waals surface area contributed by atoms with E-state index in [9.17, 15) is 4.79 Å². The summed E-state index contributed by atoms with van der Waals surface area (Å²) in [7, 11) is 0. The highest BCUT2D eigenvalue weighted by molar-refractivity contribution is 5.96. The highest BCUT2D eigenvalue weighted by atomic mass is 16.5. The van der Waals surface area contributed by atoms with Crippen LogP contribution in [-0.4, -0.2) is 22.5 Å². The van der Waals surface area contributed by atoms with Gasteiger partial charge in [0.2, 0.25) is 11.7 Å². The molecule has 0 bridgehead atoms. The Balaban J connectivity index is 1.73. The van der Waals surface area contributed by atoms with E-state index in [1.165, 1.54) is 0 Å². The van der Waals surface area contributed by atoms with Crippen molar-refractivity contribution in [2.24, 2.45) is 0 Å². The van der Waals surface area contributed by atoms with Gasteiger partial charge in [0.25, 0.3) is 0 Å². The fraction of sp³-hybridized carbons (Fsp3) is 0.400. The van der Waals surface area contributed by atoms with Gasteiger partial charge in [-0.25, -0.2) is 0 Å². The van der Waals surface area contributed by atoms with E-state index in [0.717, 1.165) is 12.8 Å². The van der Waals surface area contributed by atoms with Crippen LogP contribution in [0.5, 0.6) is 0 Å². The second-order valence-corrected chi connectivity index (χ2v) is 5.16. The molecule has 1 fully saturated rings. The highest BCUT2D eigenvalue weighted by Crippen LogP contribution is 2.33. The lowest BCUT2D eigenvalue weighted by Crippen LogP contribution is -2.21. The normalized spacial score (nSPS) is 22.1. The van der Waals surface area contributed by atoms with Crippen LogP contribution in [0.2, 0.25) is 0 Å². The first-order valence-electron chi connectivity index (χ1n) is 6.73. The molecule has 0 amide bonds. The quantitative estimate of drug-likeness (QED) is 0.800. The number of carbonyl (C=O) groups excluding carboxylic acids is 1. The van der Waals surface area contributed by atoms with Crippen molar-refractivity contribution in [2.75, 3.05) is 6.61 Å². The van der Waals surface area contributed by atoms with E-state index in [-0.39, 0.29) is 12.2 Å². The molecule has 1 unspecified atom stereocenters. The first-order valence-corrected chi connectivity index (χ1v) is 6.73. The smallest absolute Gasteiger partial charge is 0.234 e. The van der Waals surface area contributed by atoms with E-state index >= 15 is 0 Å². The molecule has 2 heterocycles. The number of rotatable bonds is 4. The van der Waals surface area contributed by atoms with Crippen LogP contribution in [-0.2, 0) is 16.8 Å². The summed E-state index contributed by atoms with van der Waals surface area (Å²) >= 11 is 0. The third-order valence-corrected chi connectivity index (χ3v) is 3.57. The Morgan fingerprint density at radius 3 is 2.85 bits per heavy atom. The van der Waals surface area contributed by atoms with Gasteiger partial charge in [0, 0.05) is 12.2 Å². The number of benzene rings is 1. The third-order valence-electron chi connectivity index (χ3n) is 3.57. The molecule has 3 rings (SSSR count). The molecule has 0 radical (unpaired) electrons. The van der Waals surface area contributed by atoms with Gasteiger partial charge in [-0.05, 0) is 19.8 Å². The first kappa shape index (κ1) is 13.0. The van der Waals surface area contributed by atoms with Crippen LogP contribution in [0.1, 0.15) is 41.8 Å². The maximum Gasteiger partial charge on any atom is 0.234 e. The van der Waals surface area contributed by atoms with Gasteiger partial charge >= 0.3 is 0 Å². The summed E-state index contributed by atoms with van der Waals surface area (Å²) in [6.07, 6.45) is 1.98. The lowest BCUT2D eigenvalue weighted by atomic mass is 10.0. The Labute approximate surface area is 116 Å². The number of ether oxygens (including phenoxy) is 1. The summed E-state index contributed by atoms with van der Waals surface area (Å²) in [5, 5.41) is 3.95. The number of hydrogen-bond acceptors (Lipinski definition) is 5. The zero-order chi connectivity index (χ0) is 14.0. The Kier molecular flexibility index (Phi) is 3.36. The van der Waals surface area contributed by atoms with Gasteiger partial charge in [-0.2, -0.15) is 4.98 Å². The van der Waals surface area contributed by atoms with Gasteiger partial charge < -0.3 is 9.26 Å². The van der Waals surface area contributed by atoms with Gasteiger partial charge in [-0.15, -0.1) is 0 Å². The van der Waals surface area contributed by atoms with Crippen molar-refractivity contribution in [1.29, 1.82) is 0 Å². The van der Waals surface area contributed by atoms with E-state index in [1.807, 2.05) is 25.1 Å². The zero-order valence-electron chi connectivity index (χ0n) is 11.3. The molecule has 0 N–H and O–H groups in total. The zero-order valence-corrected chi connectivity index (χ0v) is 11.3. The van der Waals surface area contributed by atoms with E-state index in [4.69, 9.17) is 9.26 Å². The lowest BCUT2D eigenvalue weighted by Gasteiger charge is -2.17. The minimum atomic E-state index is -0.475. The molecule has 1 aliphatic rings. The maximum atomic E-state index is 12.1. The van der Waals surface area contributed by atoms with Crippen LogP contribution in [0.4, 0.5) is 0 Å². The molecule has 0 aliphatic carbocycles. The molecule has 2 aromatic rings. The SMILES string of the molecule is CC1(c2noc(CC(=O)c3ccccc3)n2)CCCO1. The van der Waals surface area contributed by atoms with Gasteiger partial charge in [-0.1, -0.05) is 35.5 Å². The van der Waals surface area contributed by atoms with E-state index in [1.54, 1.807) is 12.1 Å². The minimum absolute atomic E-state index is 0.0294. The van der Waals surface area contributed by atoms with Gasteiger partial charge in [0.1, 0.15) is 5.60 Å². The predicted molar refractivity (Wildman–Crippen MR) is 71.3 cm³/mol. The van der Waals surface area contributed by atoms with Crippen molar-refractivity contribution in [3.63, 3.8) is 0 Å². The predicted octanol–water partition coefficient (Wildman–Crippen LogP) is 2.52. The van der Waals surface area contributed by atoms with Gasteiger partial charge in [0.05, 0.1) is 6.42 Å². The summed E-state index contributed by atoms with van der Waals surface area (Å²) in [6, 6.07) is 9.10. The van der Waals surface area contributed by atoms with Crippen LogP contribution in [0.25, 0.3) is 0 Å². The van der Waals surface area contributed by atoms with Crippen LogP contribution in [0.15, 0.2) is 34.9 Å². The summed E-state index contributed by atoms with van der Waals surface area (Å²) in [5.41, 5.74) is 0.174. The van der Waals surface area contributed by atoms with Crippen LogP contribution in [0, 0.1) is 0 Å². The summed E-state index contributed by atoms with van der Waals surface area (Å²) < 4.78 is 10.8. The second kappa shape index (κ2) is 5.17. The molecule has 1 aromatic heterocycles. The lowest BCUT2D eigenvalue weighted by molar-refractivity contribution is 0.00768. The number of hydrogen-bond donors (Lipinski definition) is 0. The summed E-state index contributed by atoms with van der Waals surface area (Å²) in [4.78, 5) is 16.4. The van der Waals surface area contributed by atoms with E-state index in [0.29, 0.717) is 23.9 Å². The number of carbonyl (C=O) groups is 1. The van der Waals surface area contributed by atoms with Crippen molar-refractivity contribution < 1.29 is 14.1 Å². The third kappa shape index (κ3) is 2.49. The average Bonchev–Trinajstić information content (AvgIpc) is 3.10. The van der Waals surface area contributed by atoms with Crippen molar-refractivity contribution >= 4 is 5.78 Å². The summed E-state index contributed by atoms with van der Waals surface area (Å²) in [6.45, 7) is 2.66. The molecule has 1 atom stereocenters. The van der Waals surface area contributed by atoms with Crippen molar-refractivity contribution in [2.45, 2.75) is 31.8 Å². The van der Waals surface area contributed by atoms with Crippen molar-refractivity contribution in [3.05, 3.63) is 47.6 Å². The number of ketones is 1. The topological polar surface area (TPSA) is 65.2 Å². The molecule has 0 spiro atoms. The molecule has 0 saturated carbocycles. The second-order valence-electron chi connectivity index (χ2n) is 5.16. The molecular weight excluding hydrogens is 256 g/mol. The van der Waals surface area contributed by atoms with E-state index < -0.39 is 5.60 Å². The Hall–Kier alpha value is -2.01. The summed E-state index contributed by atoms with van der Waals surface area (Å²) in [5.74, 6) is 0.842. The van der Waals surface area contributed by atoms with Crippen LogP contribution in [0.3, 0.4) is 0 Å². The molecule has 104 valence electrons. The standard InChI is InChI=1S/C15H16N2O3/c1-15(8-5-9-19-15)14-16-13(20-17-14)10-12(18)11-6-3-2-4-7-11/h2-4,6-7H,5,8-10H2,1H3. The largest absolute Gasteiger partial charge is 0.367 e. The Morgan fingerprint density at radius 1 is 1.35 bits per heavy atom. The van der Waals surface area contributed by atoms with Crippen molar-refractivity contribution in [3.8, 4) is 0 Å². The van der Waals surface area contributed by atoms with Crippen LogP contribution < -0.4 is 0 Å². The minimum Gasteiger partial charge on any atom is -0.367 e. The highest BCUT2D eigenvalue weighted by Gasteiger charge is 2.36. The number of nitrogens with zero attached hydrogens (tertiary/aromatic N) is 2. The molecule has 1 aromatic carbocycles. The first-order chi connectivity index (χ1) is 9.67. The maximum absolute atomic E-state index is 12.1. The fourth-order valence-corrected chi connectivity index (χ4v) is 2.36. The molecule has 5 nitrogen and oxygen atoms in total. The number of Topliss-reactive ketones (excluding diaryl/α,β-unsaturated/α-hetero) is 1. The fourth-order valence-electron chi connectivity index (χ4n) is 2.36. The Bertz CT molecular complexity index is 601. The monoisotopic (exact) mass is 272 g/mol. The van der Waals surface area contributed by atoms with Gasteiger partial charge in [0.15, 0.2) is 5.78 Å². The Morgan fingerprint density at radius 2 is 2.15 bits per heavy atom. The number of aromatic nitrogens is 2. The van der Waals surface area contributed by atoms with Crippen LogP contribution >= 0.6 is 0 Å². The van der Waals surface area contributed by atoms with Crippen molar-refractivity contribution in [1.82, 2.24) is 10.1 Å². The average molecular weight is 272 g/mol. The molecule has 1 aliphatic heterocycles. The van der Waals surface area contributed by atoms with E-state index in [2.05, 4.69) is 10.1 Å². The molecular formula is C15H16N2O3. The molecule has 20 heavy (non-hydrogen) atoms. The molecule has 5 heteroatoms. The molecule has 1 saturated heterocycles.